The standard InChI is InChI=1S/C19H28N4O6S/c1-2-29-19(25)22-9-7-21(8-10-22)15-18(24)20-16-3-5-17(6-4-16)30(26,27)23-11-13-28-14-12-23/h3-6H,2,7-15H2,1H3,(H,20,24). The Kier molecular flexibility index (Phi) is 7.64. The van der Waals surface area contributed by atoms with E-state index < -0.39 is 10.0 Å². The van der Waals surface area contributed by atoms with E-state index in [1.54, 1.807) is 24.0 Å². The summed E-state index contributed by atoms with van der Waals surface area (Å²) in [6.45, 7) is 5.96. The molecule has 0 spiro atoms. The van der Waals surface area contributed by atoms with Crippen LogP contribution in [0.25, 0.3) is 0 Å². The van der Waals surface area contributed by atoms with Gasteiger partial charge in [0.15, 0.2) is 0 Å². The fourth-order valence-electron chi connectivity index (χ4n) is 3.35. The molecule has 0 saturated carbocycles. The molecule has 10 nitrogen and oxygen atoms in total. The van der Waals surface area contributed by atoms with Crippen molar-refractivity contribution in [1.82, 2.24) is 14.1 Å². The van der Waals surface area contributed by atoms with Gasteiger partial charge < -0.3 is 19.7 Å². The number of rotatable bonds is 6. The van der Waals surface area contributed by atoms with Gasteiger partial charge in [-0.3, -0.25) is 9.69 Å². The second kappa shape index (κ2) is 10.2. The van der Waals surface area contributed by atoms with E-state index in [0.29, 0.717) is 64.8 Å². The van der Waals surface area contributed by atoms with Crippen LogP contribution in [0.4, 0.5) is 10.5 Å². The molecule has 30 heavy (non-hydrogen) atoms. The molecule has 166 valence electrons. The molecular weight excluding hydrogens is 412 g/mol. The number of morpholine rings is 1. The van der Waals surface area contributed by atoms with Crippen molar-refractivity contribution in [1.29, 1.82) is 0 Å². The average Bonchev–Trinajstić information content (AvgIpc) is 2.75. The van der Waals surface area contributed by atoms with Gasteiger partial charge in [-0.2, -0.15) is 4.31 Å². The molecule has 0 unspecified atom stereocenters. The van der Waals surface area contributed by atoms with E-state index in [1.807, 2.05) is 4.90 Å². The quantitative estimate of drug-likeness (QED) is 0.683. The van der Waals surface area contributed by atoms with Crippen LogP contribution in [0.3, 0.4) is 0 Å². The van der Waals surface area contributed by atoms with Crippen molar-refractivity contribution in [2.45, 2.75) is 11.8 Å². The lowest BCUT2D eigenvalue weighted by atomic mass is 10.3. The average molecular weight is 441 g/mol. The molecule has 0 aromatic heterocycles. The first-order valence-electron chi connectivity index (χ1n) is 10.0. The Balaban J connectivity index is 1.48. The van der Waals surface area contributed by atoms with Crippen molar-refractivity contribution in [3.05, 3.63) is 24.3 Å². The maximum absolute atomic E-state index is 12.6. The summed E-state index contributed by atoms with van der Waals surface area (Å²) in [5, 5.41) is 2.79. The van der Waals surface area contributed by atoms with Gasteiger partial charge in [0.1, 0.15) is 0 Å². The van der Waals surface area contributed by atoms with Gasteiger partial charge in [-0.15, -0.1) is 0 Å². The highest BCUT2D eigenvalue weighted by Gasteiger charge is 2.26. The number of hydrogen-bond donors (Lipinski definition) is 1. The van der Waals surface area contributed by atoms with Gasteiger partial charge in [-0.05, 0) is 31.2 Å². The normalized spacial score (nSPS) is 18.8. The summed E-state index contributed by atoms with van der Waals surface area (Å²) >= 11 is 0. The Hall–Kier alpha value is -2.21. The third-order valence-corrected chi connectivity index (χ3v) is 6.92. The number of carbonyl (C=O) groups excluding carboxylic acids is 2. The van der Waals surface area contributed by atoms with Gasteiger partial charge in [0, 0.05) is 45.0 Å². The highest BCUT2D eigenvalue weighted by molar-refractivity contribution is 7.89. The number of ether oxygens (including phenoxy) is 2. The van der Waals surface area contributed by atoms with Crippen molar-refractivity contribution in [3.63, 3.8) is 0 Å². The number of sulfonamides is 1. The zero-order valence-corrected chi connectivity index (χ0v) is 17.9. The molecule has 1 N–H and O–H groups in total. The lowest BCUT2D eigenvalue weighted by Gasteiger charge is -2.33. The van der Waals surface area contributed by atoms with Crippen molar-refractivity contribution >= 4 is 27.7 Å². The van der Waals surface area contributed by atoms with E-state index in [1.165, 1.54) is 16.4 Å². The zero-order chi connectivity index (χ0) is 21.6. The third-order valence-electron chi connectivity index (χ3n) is 5.01. The van der Waals surface area contributed by atoms with E-state index in [9.17, 15) is 18.0 Å². The summed E-state index contributed by atoms with van der Waals surface area (Å²) < 4.78 is 36.9. The Bertz CT molecular complexity index is 831. The summed E-state index contributed by atoms with van der Waals surface area (Å²) in [5.74, 6) is -0.191. The Morgan fingerprint density at radius 3 is 2.27 bits per heavy atom. The first kappa shape index (κ1) is 22.5. The number of amides is 2. The third kappa shape index (κ3) is 5.69. The topological polar surface area (TPSA) is 108 Å². The molecule has 0 radical (unpaired) electrons. The van der Waals surface area contributed by atoms with Gasteiger partial charge in [0.05, 0.1) is 31.3 Å². The monoisotopic (exact) mass is 440 g/mol. The van der Waals surface area contributed by atoms with Crippen LogP contribution in [0.1, 0.15) is 6.92 Å². The second-order valence-electron chi connectivity index (χ2n) is 7.05. The fraction of sp³-hybridized carbons (Fsp3) is 0.579. The molecule has 2 aliphatic heterocycles. The Labute approximate surface area is 176 Å². The first-order valence-corrected chi connectivity index (χ1v) is 11.5. The minimum atomic E-state index is -3.56. The maximum Gasteiger partial charge on any atom is 0.409 e. The van der Waals surface area contributed by atoms with Crippen molar-refractivity contribution in [3.8, 4) is 0 Å². The predicted molar refractivity (Wildman–Crippen MR) is 110 cm³/mol. The number of nitrogens with one attached hydrogen (secondary N) is 1. The minimum absolute atomic E-state index is 0.191. The summed E-state index contributed by atoms with van der Waals surface area (Å²) in [5.41, 5.74) is 0.533. The van der Waals surface area contributed by atoms with Crippen LogP contribution in [0.2, 0.25) is 0 Å². The van der Waals surface area contributed by atoms with Crippen molar-refractivity contribution < 1.29 is 27.5 Å². The smallest absolute Gasteiger partial charge is 0.409 e. The van der Waals surface area contributed by atoms with Crippen molar-refractivity contribution in [2.24, 2.45) is 0 Å². The molecular formula is C19H28N4O6S. The molecule has 2 saturated heterocycles. The predicted octanol–water partition coefficient (Wildman–Crippen LogP) is 0.420. The molecule has 11 heteroatoms. The molecule has 1 aromatic carbocycles. The number of hydrogen-bond acceptors (Lipinski definition) is 7. The molecule has 3 rings (SSSR count). The SMILES string of the molecule is CCOC(=O)N1CCN(CC(=O)Nc2ccc(S(=O)(=O)N3CCOCC3)cc2)CC1. The Morgan fingerprint density at radius 1 is 1.03 bits per heavy atom. The van der Waals surface area contributed by atoms with E-state index >= 15 is 0 Å². The molecule has 0 atom stereocenters. The lowest BCUT2D eigenvalue weighted by Crippen LogP contribution is -2.50. The van der Waals surface area contributed by atoms with Crippen LogP contribution in [0.5, 0.6) is 0 Å². The molecule has 2 aliphatic rings. The lowest BCUT2D eigenvalue weighted by molar-refractivity contribution is -0.117. The molecule has 0 bridgehead atoms. The van der Waals surface area contributed by atoms with Crippen LogP contribution < -0.4 is 5.32 Å². The fourth-order valence-corrected chi connectivity index (χ4v) is 4.76. The van der Waals surface area contributed by atoms with Crippen molar-refractivity contribution in [2.75, 3.05) is 71.0 Å². The van der Waals surface area contributed by atoms with Gasteiger partial charge >= 0.3 is 6.09 Å². The summed E-state index contributed by atoms with van der Waals surface area (Å²) in [6, 6.07) is 6.17. The Morgan fingerprint density at radius 2 is 1.67 bits per heavy atom. The number of carbonyl (C=O) groups is 2. The minimum Gasteiger partial charge on any atom is -0.450 e. The van der Waals surface area contributed by atoms with Crippen LogP contribution >= 0.6 is 0 Å². The summed E-state index contributed by atoms with van der Waals surface area (Å²) in [6.07, 6.45) is -0.325. The number of anilines is 1. The number of piperazine rings is 1. The number of benzene rings is 1. The van der Waals surface area contributed by atoms with Gasteiger partial charge in [-0.1, -0.05) is 0 Å². The largest absolute Gasteiger partial charge is 0.450 e. The molecule has 0 aliphatic carbocycles. The van der Waals surface area contributed by atoms with E-state index in [0.717, 1.165) is 0 Å². The second-order valence-corrected chi connectivity index (χ2v) is 8.99. The van der Waals surface area contributed by atoms with Crippen LogP contribution in [0.15, 0.2) is 29.2 Å². The van der Waals surface area contributed by atoms with E-state index in [2.05, 4.69) is 5.32 Å². The zero-order valence-electron chi connectivity index (χ0n) is 17.1. The summed E-state index contributed by atoms with van der Waals surface area (Å²) in [7, 11) is -3.56. The van der Waals surface area contributed by atoms with Gasteiger partial charge in [-0.25, -0.2) is 13.2 Å². The van der Waals surface area contributed by atoms with Crippen LogP contribution in [-0.4, -0.2) is 100 Å². The van der Waals surface area contributed by atoms with Gasteiger partial charge in [0.25, 0.3) is 0 Å². The summed E-state index contributed by atoms with van der Waals surface area (Å²) in [4.78, 5) is 27.8. The molecule has 2 fully saturated rings. The molecule has 1 aromatic rings. The number of nitrogens with zero attached hydrogens (tertiary/aromatic N) is 3. The first-order chi connectivity index (χ1) is 14.4. The van der Waals surface area contributed by atoms with Gasteiger partial charge in [0.2, 0.25) is 15.9 Å². The molecule has 2 heterocycles. The van der Waals surface area contributed by atoms with E-state index in [4.69, 9.17) is 9.47 Å². The molecule has 2 amide bonds. The maximum atomic E-state index is 12.6. The van der Waals surface area contributed by atoms with Crippen LogP contribution in [0, 0.1) is 0 Å². The highest BCUT2D eigenvalue weighted by atomic mass is 32.2. The van der Waals surface area contributed by atoms with E-state index in [-0.39, 0.29) is 23.4 Å². The van der Waals surface area contributed by atoms with Crippen LogP contribution in [-0.2, 0) is 24.3 Å². The highest BCUT2D eigenvalue weighted by Crippen LogP contribution is 2.19.